The third-order valence-electron chi connectivity index (χ3n) is 10.7. The van der Waals surface area contributed by atoms with Gasteiger partial charge in [-0.25, -0.2) is 0 Å². The molecule has 3 heteroatoms. The highest BCUT2D eigenvalue weighted by molar-refractivity contribution is 5.25. The Kier molecular flexibility index (Phi) is 5.86. The van der Waals surface area contributed by atoms with E-state index in [0.29, 0.717) is 22.9 Å². The van der Waals surface area contributed by atoms with Crippen LogP contribution in [0, 0.1) is 40.4 Å². The first kappa shape index (κ1) is 21.5. The van der Waals surface area contributed by atoms with E-state index in [0.717, 1.165) is 49.7 Å². The number of hydrogen-bond donors (Lipinski definition) is 1. The Morgan fingerprint density at radius 1 is 1.10 bits per heavy atom. The van der Waals surface area contributed by atoms with Crippen LogP contribution in [0.3, 0.4) is 0 Å². The van der Waals surface area contributed by atoms with E-state index in [1.165, 1.54) is 57.8 Å². The average molecular weight is 416 g/mol. The minimum atomic E-state index is 0.0559. The van der Waals surface area contributed by atoms with Crippen molar-refractivity contribution in [2.75, 3.05) is 13.2 Å². The minimum absolute atomic E-state index is 0.0559. The molecule has 0 spiro atoms. The van der Waals surface area contributed by atoms with Gasteiger partial charge in [0.2, 0.25) is 0 Å². The molecule has 0 bridgehead atoms. The SMILES string of the molecule is C[C@H](CN)[C@H]1CC[C@H]2[C@@H]3CC=C4C[C@@H](OC5CCCCO5)CC[C@]4(C)[C@H]3CC[C@]12C. The molecule has 3 saturated carbocycles. The van der Waals surface area contributed by atoms with E-state index < -0.39 is 0 Å². The summed E-state index contributed by atoms with van der Waals surface area (Å²) in [6, 6.07) is 0. The van der Waals surface area contributed by atoms with Gasteiger partial charge in [-0.2, -0.15) is 0 Å². The summed E-state index contributed by atoms with van der Waals surface area (Å²) in [5.41, 5.74) is 8.79. The molecule has 0 amide bonds. The standard InChI is InChI=1S/C27H45NO2/c1-18(17-28)22-9-10-23-21-8-7-19-16-20(30-25-6-4-5-15-29-25)11-13-26(19,2)24(21)12-14-27(22,23)3/h7,18,20-25H,4-6,8-17,28H2,1-3H3/t18-,20+,21+,22-,23+,24+,25?,26+,27-/m1/s1. The topological polar surface area (TPSA) is 44.5 Å². The molecule has 170 valence electrons. The zero-order valence-corrected chi connectivity index (χ0v) is 19.7. The molecule has 0 radical (unpaired) electrons. The van der Waals surface area contributed by atoms with Gasteiger partial charge in [0.05, 0.1) is 6.10 Å². The van der Waals surface area contributed by atoms with Crippen molar-refractivity contribution in [1.82, 2.24) is 0 Å². The van der Waals surface area contributed by atoms with Gasteiger partial charge in [0.1, 0.15) is 0 Å². The summed E-state index contributed by atoms with van der Waals surface area (Å²) in [6.45, 7) is 9.39. The molecule has 1 heterocycles. The van der Waals surface area contributed by atoms with Crippen molar-refractivity contribution in [3.05, 3.63) is 11.6 Å². The maximum absolute atomic E-state index is 6.43. The first-order chi connectivity index (χ1) is 14.5. The highest BCUT2D eigenvalue weighted by Crippen LogP contribution is 2.67. The lowest BCUT2D eigenvalue weighted by Crippen LogP contribution is -2.51. The summed E-state index contributed by atoms with van der Waals surface area (Å²) in [6.07, 6.45) is 17.3. The van der Waals surface area contributed by atoms with Crippen LogP contribution in [0.2, 0.25) is 0 Å². The Bertz CT molecular complexity index is 655. The molecule has 5 aliphatic rings. The molecule has 1 unspecified atom stereocenters. The van der Waals surface area contributed by atoms with Crippen LogP contribution in [0.4, 0.5) is 0 Å². The molecule has 30 heavy (non-hydrogen) atoms. The Labute approximate surface area is 184 Å². The fourth-order valence-electron chi connectivity index (χ4n) is 8.92. The third-order valence-corrected chi connectivity index (χ3v) is 10.7. The molecule has 9 atom stereocenters. The molecule has 0 aromatic heterocycles. The second kappa shape index (κ2) is 8.19. The van der Waals surface area contributed by atoms with E-state index in [1.54, 1.807) is 5.57 Å². The molecule has 1 saturated heterocycles. The van der Waals surface area contributed by atoms with E-state index in [4.69, 9.17) is 15.2 Å². The van der Waals surface area contributed by atoms with Gasteiger partial charge in [-0.1, -0.05) is 32.4 Å². The van der Waals surface area contributed by atoms with Crippen LogP contribution in [-0.2, 0) is 9.47 Å². The van der Waals surface area contributed by atoms with E-state index >= 15 is 0 Å². The molecule has 1 aliphatic heterocycles. The summed E-state index contributed by atoms with van der Waals surface area (Å²) >= 11 is 0. The van der Waals surface area contributed by atoms with Gasteiger partial charge in [0, 0.05) is 6.61 Å². The zero-order valence-electron chi connectivity index (χ0n) is 19.7. The molecule has 4 fully saturated rings. The van der Waals surface area contributed by atoms with Gasteiger partial charge in [-0.3, -0.25) is 0 Å². The van der Waals surface area contributed by atoms with Crippen LogP contribution in [0.25, 0.3) is 0 Å². The fourth-order valence-corrected chi connectivity index (χ4v) is 8.92. The Morgan fingerprint density at radius 2 is 1.97 bits per heavy atom. The molecule has 0 aromatic rings. The molecule has 4 aliphatic carbocycles. The van der Waals surface area contributed by atoms with Gasteiger partial charge in [0.15, 0.2) is 6.29 Å². The second-order valence-electron chi connectivity index (χ2n) is 12.0. The number of allylic oxidation sites excluding steroid dienone is 1. The van der Waals surface area contributed by atoms with Gasteiger partial charge < -0.3 is 15.2 Å². The average Bonchev–Trinajstić information content (AvgIpc) is 3.11. The highest BCUT2D eigenvalue weighted by Gasteiger charge is 2.59. The second-order valence-corrected chi connectivity index (χ2v) is 12.0. The maximum Gasteiger partial charge on any atom is 0.157 e. The molecule has 3 nitrogen and oxygen atoms in total. The number of ether oxygens (including phenoxy) is 2. The Morgan fingerprint density at radius 3 is 2.73 bits per heavy atom. The Balaban J connectivity index is 1.31. The molecule has 2 N–H and O–H groups in total. The fraction of sp³-hybridized carbons (Fsp3) is 0.926. The molecular formula is C27H45NO2. The lowest BCUT2D eigenvalue weighted by molar-refractivity contribution is -0.195. The van der Waals surface area contributed by atoms with Crippen molar-refractivity contribution in [3.8, 4) is 0 Å². The summed E-state index contributed by atoms with van der Waals surface area (Å²) in [5, 5.41) is 0. The van der Waals surface area contributed by atoms with Gasteiger partial charge in [0.25, 0.3) is 0 Å². The number of rotatable bonds is 4. The zero-order chi connectivity index (χ0) is 20.9. The van der Waals surface area contributed by atoms with Gasteiger partial charge in [-0.05, 0) is 118 Å². The van der Waals surface area contributed by atoms with E-state index in [9.17, 15) is 0 Å². The Hall–Kier alpha value is -0.380. The quantitative estimate of drug-likeness (QED) is 0.567. The normalized spacial score (nSPS) is 49.5. The van der Waals surface area contributed by atoms with Crippen molar-refractivity contribution in [2.45, 2.75) is 104 Å². The first-order valence-corrected chi connectivity index (χ1v) is 13.1. The largest absolute Gasteiger partial charge is 0.353 e. The van der Waals surface area contributed by atoms with Crippen LogP contribution in [0.1, 0.15) is 91.4 Å². The van der Waals surface area contributed by atoms with Crippen LogP contribution < -0.4 is 5.73 Å². The minimum Gasteiger partial charge on any atom is -0.353 e. The van der Waals surface area contributed by atoms with Crippen LogP contribution in [0.15, 0.2) is 11.6 Å². The molecule has 0 aromatic carbocycles. The predicted molar refractivity (Wildman–Crippen MR) is 122 cm³/mol. The number of nitrogens with two attached hydrogens (primary N) is 1. The number of hydrogen-bond acceptors (Lipinski definition) is 3. The van der Waals surface area contributed by atoms with E-state index in [-0.39, 0.29) is 6.29 Å². The number of fused-ring (bicyclic) bond motifs is 5. The van der Waals surface area contributed by atoms with Crippen LogP contribution in [0.5, 0.6) is 0 Å². The lowest BCUT2D eigenvalue weighted by Gasteiger charge is -2.58. The molecule has 5 rings (SSSR count). The monoisotopic (exact) mass is 415 g/mol. The van der Waals surface area contributed by atoms with E-state index in [2.05, 4.69) is 26.8 Å². The van der Waals surface area contributed by atoms with Crippen molar-refractivity contribution in [1.29, 1.82) is 0 Å². The third kappa shape index (κ3) is 3.42. The highest BCUT2D eigenvalue weighted by atomic mass is 16.7. The van der Waals surface area contributed by atoms with Crippen LogP contribution in [-0.4, -0.2) is 25.5 Å². The van der Waals surface area contributed by atoms with Gasteiger partial charge >= 0.3 is 0 Å². The summed E-state index contributed by atoms with van der Waals surface area (Å²) in [7, 11) is 0. The first-order valence-electron chi connectivity index (χ1n) is 13.1. The summed E-state index contributed by atoms with van der Waals surface area (Å²) in [5.74, 6) is 4.21. The van der Waals surface area contributed by atoms with Crippen LogP contribution >= 0.6 is 0 Å². The summed E-state index contributed by atoms with van der Waals surface area (Å²) in [4.78, 5) is 0. The predicted octanol–water partition coefficient (Wildman–Crippen LogP) is 6.07. The lowest BCUT2D eigenvalue weighted by atomic mass is 9.47. The molecular weight excluding hydrogens is 370 g/mol. The smallest absolute Gasteiger partial charge is 0.157 e. The maximum atomic E-state index is 6.43. The van der Waals surface area contributed by atoms with Crippen molar-refractivity contribution < 1.29 is 9.47 Å². The summed E-state index contributed by atoms with van der Waals surface area (Å²) < 4.78 is 12.3. The van der Waals surface area contributed by atoms with Crippen molar-refractivity contribution >= 4 is 0 Å². The van der Waals surface area contributed by atoms with Crippen molar-refractivity contribution in [2.24, 2.45) is 46.2 Å². The van der Waals surface area contributed by atoms with Crippen molar-refractivity contribution in [3.63, 3.8) is 0 Å². The van der Waals surface area contributed by atoms with Gasteiger partial charge in [-0.15, -0.1) is 0 Å². The van der Waals surface area contributed by atoms with E-state index in [1.807, 2.05) is 0 Å².